The molecule has 2 rings (SSSR count). The van der Waals surface area contributed by atoms with Gasteiger partial charge >= 0.3 is 0 Å². The molecule has 0 aliphatic rings. The maximum Gasteiger partial charge on any atom is 0.261 e. The van der Waals surface area contributed by atoms with Crippen LogP contribution >= 0.6 is 11.6 Å². The molecule has 2 atom stereocenters. The number of carbonyl (C=O) groups is 1. The summed E-state index contributed by atoms with van der Waals surface area (Å²) in [5.74, 6) is 0.721. The van der Waals surface area contributed by atoms with Crippen molar-refractivity contribution in [1.29, 1.82) is 0 Å². The van der Waals surface area contributed by atoms with Crippen molar-refractivity contribution in [2.75, 3.05) is 0 Å². The number of tetrazole rings is 1. The van der Waals surface area contributed by atoms with Crippen LogP contribution in [0.3, 0.4) is 0 Å². The van der Waals surface area contributed by atoms with Crippen molar-refractivity contribution in [3.05, 3.63) is 35.1 Å². The van der Waals surface area contributed by atoms with Crippen LogP contribution < -0.4 is 10.1 Å². The summed E-state index contributed by atoms with van der Waals surface area (Å²) in [4.78, 5) is 12.0. The lowest BCUT2D eigenvalue weighted by Crippen LogP contribution is -2.38. The van der Waals surface area contributed by atoms with Crippen molar-refractivity contribution in [2.45, 2.75) is 26.0 Å². The zero-order valence-electron chi connectivity index (χ0n) is 11.0. The van der Waals surface area contributed by atoms with Gasteiger partial charge in [0.15, 0.2) is 11.9 Å². The van der Waals surface area contributed by atoms with Gasteiger partial charge in [0.05, 0.1) is 6.04 Å². The Morgan fingerprint density at radius 2 is 2.05 bits per heavy atom. The van der Waals surface area contributed by atoms with Gasteiger partial charge in [0.1, 0.15) is 5.75 Å². The summed E-state index contributed by atoms with van der Waals surface area (Å²) in [6.45, 7) is 3.42. The molecule has 2 N–H and O–H groups in total. The van der Waals surface area contributed by atoms with Gasteiger partial charge < -0.3 is 10.1 Å². The van der Waals surface area contributed by atoms with Crippen LogP contribution in [-0.2, 0) is 4.79 Å². The third kappa shape index (κ3) is 3.67. The zero-order chi connectivity index (χ0) is 14.5. The summed E-state index contributed by atoms with van der Waals surface area (Å²) < 4.78 is 5.51. The third-order valence-corrected chi connectivity index (χ3v) is 2.86. The van der Waals surface area contributed by atoms with Crippen molar-refractivity contribution in [3.8, 4) is 5.75 Å². The average Bonchev–Trinajstić information content (AvgIpc) is 2.95. The van der Waals surface area contributed by atoms with Gasteiger partial charge in [-0.05, 0) is 38.1 Å². The van der Waals surface area contributed by atoms with Crippen LogP contribution in [0.1, 0.15) is 25.7 Å². The monoisotopic (exact) mass is 295 g/mol. The first kappa shape index (κ1) is 14.3. The maximum absolute atomic E-state index is 12.0. The second-order valence-corrected chi connectivity index (χ2v) is 4.65. The van der Waals surface area contributed by atoms with Gasteiger partial charge in [-0.25, -0.2) is 0 Å². The van der Waals surface area contributed by atoms with Gasteiger partial charge in [-0.1, -0.05) is 16.8 Å². The van der Waals surface area contributed by atoms with Crippen LogP contribution in [0.5, 0.6) is 5.75 Å². The number of aromatic amines is 1. The molecule has 0 saturated heterocycles. The van der Waals surface area contributed by atoms with Gasteiger partial charge in [0.25, 0.3) is 5.91 Å². The Balaban J connectivity index is 1.90. The molecule has 20 heavy (non-hydrogen) atoms. The normalized spacial score (nSPS) is 13.6. The Kier molecular flexibility index (Phi) is 4.52. The lowest BCUT2D eigenvalue weighted by Gasteiger charge is -2.16. The van der Waals surface area contributed by atoms with Crippen molar-refractivity contribution < 1.29 is 9.53 Å². The Morgan fingerprint density at radius 1 is 1.35 bits per heavy atom. The largest absolute Gasteiger partial charge is 0.481 e. The van der Waals surface area contributed by atoms with Gasteiger partial charge in [0, 0.05) is 5.02 Å². The molecule has 0 aliphatic heterocycles. The van der Waals surface area contributed by atoms with Crippen LogP contribution in [0.25, 0.3) is 0 Å². The summed E-state index contributed by atoms with van der Waals surface area (Å²) in [6.07, 6.45) is -0.648. The van der Waals surface area contributed by atoms with Gasteiger partial charge in [-0.2, -0.15) is 5.21 Å². The first-order valence-corrected chi connectivity index (χ1v) is 6.40. The summed E-state index contributed by atoms with van der Waals surface area (Å²) in [5.41, 5.74) is 0. The van der Waals surface area contributed by atoms with E-state index in [4.69, 9.17) is 16.3 Å². The molecule has 1 amide bonds. The topological polar surface area (TPSA) is 92.8 Å². The lowest BCUT2D eigenvalue weighted by atomic mass is 10.3. The van der Waals surface area contributed by atoms with Crippen LogP contribution in [0, 0.1) is 0 Å². The van der Waals surface area contributed by atoms with E-state index in [0.717, 1.165) is 0 Å². The molecule has 2 aromatic rings. The van der Waals surface area contributed by atoms with E-state index < -0.39 is 6.10 Å². The van der Waals surface area contributed by atoms with Crippen LogP contribution in [0.2, 0.25) is 5.02 Å². The molecule has 0 aliphatic carbocycles. The van der Waals surface area contributed by atoms with E-state index in [-0.39, 0.29) is 11.9 Å². The van der Waals surface area contributed by atoms with Gasteiger partial charge in [0.2, 0.25) is 0 Å². The number of halogens is 1. The number of ether oxygens (including phenoxy) is 1. The van der Waals surface area contributed by atoms with Crippen molar-refractivity contribution >= 4 is 17.5 Å². The van der Waals surface area contributed by atoms with Gasteiger partial charge in [-0.3, -0.25) is 4.79 Å². The standard InChI is InChI=1S/C12H14ClN5O2/c1-7(11-15-17-18-16-11)14-12(19)8(2)20-10-5-3-9(13)4-6-10/h3-8H,1-2H3,(H,14,19)(H,15,16,17,18). The molecule has 106 valence electrons. The van der Waals surface area contributed by atoms with Crippen LogP contribution in [0.15, 0.2) is 24.3 Å². The number of H-pyrrole nitrogens is 1. The van der Waals surface area contributed by atoms with E-state index in [1.54, 1.807) is 38.1 Å². The molecule has 0 spiro atoms. The van der Waals surface area contributed by atoms with Crippen LogP contribution in [-0.4, -0.2) is 32.6 Å². The first-order chi connectivity index (χ1) is 9.56. The lowest BCUT2D eigenvalue weighted by molar-refractivity contribution is -0.128. The van der Waals surface area contributed by atoms with E-state index in [1.165, 1.54) is 0 Å². The molecule has 0 fully saturated rings. The molecule has 1 aromatic heterocycles. The number of benzene rings is 1. The smallest absolute Gasteiger partial charge is 0.261 e. The fourth-order valence-electron chi connectivity index (χ4n) is 1.52. The van der Waals surface area contributed by atoms with E-state index in [9.17, 15) is 4.79 Å². The maximum atomic E-state index is 12.0. The van der Waals surface area contributed by atoms with E-state index in [0.29, 0.717) is 16.6 Å². The highest BCUT2D eigenvalue weighted by Gasteiger charge is 2.19. The minimum atomic E-state index is -0.648. The number of carbonyl (C=O) groups excluding carboxylic acids is 1. The molecule has 0 saturated carbocycles. The second-order valence-electron chi connectivity index (χ2n) is 4.21. The fraction of sp³-hybridized carbons (Fsp3) is 0.333. The van der Waals surface area contributed by atoms with E-state index in [1.807, 2.05) is 0 Å². The van der Waals surface area contributed by atoms with Crippen molar-refractivity contribution in [1.82, 2.24) is 25.9 Å². The summed E-state index contributed by atoms with van der Waals surface area (Å²) in [7, 11) is 0. The number of nitrogens with zero attached hydrogens (tertiary/aromatic N) is 3. The SMILES string of the molecule is CC(Oc1ccc(Cl)cc1)C(=O)NC(C)c1nn[nH]n1. The molecule has 0 radical (unpaired) electrons. The summed E-state index contributed by atoms with van der Waals surface area (Å²) in [5, 5.41) is 16.7. The molecule has 2 unspecified atom stereocenters. The molecular formula is C12H14ClN5O2. The Hall–Kier alpha value is -2.15. The highest BCUT2D eigenvalue weighted by Crippen LogP contribution is 2.17. The zero-order valence-corrected chi connectivity index (χ0v) is 11.8. The fourth-order valence-corrected chi connectivity index (χ4v) is 1.65. The average molecular weight is 296 g/mol. The molecular weight excluding hydrogens is 282 g/mol. The van der Waals surface area contributed by atoms with Crippen molar-refractivity contribution in [2.24, 2.45) is 0 Å². The quantitative estimate of drug-likeness (QED) is 0.872. The third-order valence-electron chi connectivity index (χ3n) is 2.60. The van der Waals surface area contributed by atoms with E-state index >= 15 is 0 Å². The Labute approximate surface area is 120 Å². The highest BCUT2D eigenvalue weighted by atomic mass is 35.5. The molecule has 8 heteroatoms. The summed E-state index contributed by atoms with van der Waals surface area (Å²) in [6, 6.07) is 6.45. The number of rotatable bonds is 5. The number of hydrogen-bond donors (Lipinski definition) is 2. The number of hydrogen-bond acceptors (Lipinski definition) is 5. The Bertz CT molecular complexity index is 558. The summed E-state index contributed by atoms with van der Waals surface area (Å²) >= 11 is 5.78. The van der Waals surface area contributed by atoms with Crippen LogP contribution in [0.4, 0.5) is 0 Å². The second kappa shape index (κ2) is 6.33. The predicted octanol–water partition coefficient (Wildman–Crippen LogP) is 1.50. The highest BCUT2D eigenvalue weighted by molar-refractivity contribution is 6.30. The molecule has 1 heterocycles. The Morgan fingerprint density at radius 3 is 2.65 bits per heavy atom. The number of nitrogens with one attached hydrogen (secondary N) is 2. The minimum Gasteiger partial charge on any atom is -0.481 e. The molecule has 1 aromatic carbocycles. The predicted molar refractivity (Wildman–Crippen MR) is 72.3 cm³/mol. The van der Waals surface area contributed by atoms with E-state index in [2.05, 4.69) is 25.9 Å². The molecule has 0 bridgehead atoms. The van der Waals surface area contributed by atoms with Crippen molar-refractivity contribution in [3.63, 3.8) is 0 Å². The van der Waals surface area contributed by atoms with Gasteiger partial charge in [-0.15, -0.1) is 10.2 Å². The first-order valence-electron chi connectivity index (χ1n) is 6.02. The minimum absolute atomic E-state index is 0.266. The number of aromatic nitrogens is 4. The molecule has 7 nitrogen and oxygen atoms in total. The number of amides is 1.